The number of hydrogen-bond acceptors (Lipinski definition) is 5. The highest BCUT2D eigenvalue weighted by molar-refractivity contribution is 7.99. The molecular weight excluding hydrogens is 557 g/mol. The number of ether oxygens (including phenoxy) is 1. The first-order valence-corrected chi connectivity index (χ1v) is 16.7. The van der Waals surface area contributed by atoms with Crippen LogP contribution >= 0.6 is 24.0 Å². The van der Waals surface area contributed by atoms with Crippen LogP contribution in [-0.2, 0) is 16.4 Å². The van der Waals surface area contributed by atoms with Crippen molar-refractivity contribution in [2.24, 2.45) is 5.41 Å². The molecule has 1 aliphatic heterocycles. The summed E-state index contributed by atoms with van der Waals surface area (Å²) in [6, 6.07) is 25.2. The average Bonchev–Trinajstić information content (AvgIpc) is 3.34. The van der Waals surface area contributed by atoms with Crippen molar-refractivity contribution in [1.29, 1.82) is 0 Å². The lowest BCUT2D eigenvalue weighted by Crippen LogP contribution is -2.51. The minimum absolute atomic E-state index is 0.0519. The Morgan fingerprint density at radius 2 is 1.68 bits per heavy atom. The predicted molar refractivity (Wildman–Crippen MR) is 167 cm³/mol. The number of para-hydroxylation sites is 1. The number of thioether (sulfide) groups is 1. The topological polar surface area (TPSA) is 51.5 Å². The van der Waals surface area contributed by atoms with Crippen molar-refractivity contribution in [2.75, 3.05) is 19.4 Å². The first-order chi connectivity index (χ1) is 19.4. The molecule has 40 heavy (non-hydrogen) atoms. The highest BCUT2D eigenvalue weighted by atomic mass is 32.2. The number of likely N-dealkylation sites (tertiary alicyclic amines) is 1. The summed E-state index contributed by atoms with van der Waals surface area (Å²) in [4.78, 5) is 4.94. The number of hydrogen-bond donors (Lipinski definition) is 0. The first kappa shape index (κ1) is 27.4. The molecule has 2 aliphatic rings. The van der Waals surface area contributed by atoms with Gasteiger partial charge in [0.1, 0.15) is 5.75 Å². The Kier molecular flexibility index (Phi) is 7.44. The standard InChI is InChI=1S/C32H34N2O3S3/c1-3-32-19-17-28-30(31(32)33(29(38)18-20-32)21-22-39-24-9-5-4-6-10-24)26-11-7-8-12-27(26)34(28)40(35,36)25-15-13-23(37-2)14-16-25/h4-16,31H,3,17-22H2,1-2H3/t31-,32+/m0/s1. The predicted octanol–water partition coefficient (Wildman–Crippen LogP) is 7.49. The number of benzene rings is 3. The molecule has 1 fully saturated rings. The van der Waals surface area contributed by atoms with Crippen LogP contribution < -0.4 is 4.74 Å². The van der Waals surface area contributed by atoms with Crippen LogP contribution in [-0.4, -0.2) is 41.7 Å². The second kappa shape index (κ2) is 10.9. The lowest BCUT2D eigenvalue weighted by Gasteiger charge is -2.54. The molecule has 1 saturated heterocycles. The molecule has 0 N–H and O–H groups in total. The summed E-state index contributed by atoms with van der Waals surface area (Å²) in [5.41, 5.74) is 2.85. The zero-order valence-electron chi connectivity index (χ0n) is 22.9. The van der Waals surface area contributed by atoms with Crippen molar-refractivity contribution >= 4 is 49.9 Å². The van der Waals surface area contributed by atoms with Crippen LogP contribution in [0.4, 0.5) is 0 Å². The molecule has 0 radical (unpaired) electrons. The van der Waals surface area contributed by atoms with Crippen LogP contribution in [0.3, 0.4) is 0 Å². The maximum atomic E-state index is 14.2. The number of methoxy groups -OCH3 is 1. The molecule has 0 saturated carbocycles. The summed E-state index contributed by atoms with van der Waals surface area (Å²) in [5.74, 6) is 1.55. The molecule has 6 rings (SSSR count). The van der Waals surface area contributed by atoms with E-state index in [-0.39, 0.29) is 16.4 Å². The van der Waals surface area contributed by atoms with E-state index in [4.69, 9.17) is 17.0 Å². The van der Waals surface area contributed by atoms with Crippen molar-refractivity contribution in [2.45, 2.75) is 54.9 Å². The average molecular weight is 591 g/mol. The number of piperidine rings is 1. The normalized spacial score (nSPS) is 20.8. The minimum Gasteiger partial charge on any atom is -0.497 e. The molecule has 1 aromatic heterocycles. The monoisotopic (exact) mass is 590 g/mol. The fourth-order valence-electron chi connectivity index (χ4n) is 6.74. The second-order valence-electron chi connectivity index (χ2n) is 10.7. The van der Waals surface area contributed by atoms with Gasteiger partial charge in [-0.2, -0.15) is 0 Å². The first-order valence-electron chi connectivity index (χ1n) is 13.9. The van der Waals surface area contributed by atoms with Gasteiger partial charge in [0.05, 0.1) is 28.6 Å². The molecule has 4 aromatic rings. The summed E-state index contributed by atoms with van der Waals surface area (Å²) >= 11 is 7.88. The van der Waals surface area contributed by atoms with E-state index in [0.29, 0.717) is 5.75 Å². The second-order valence-corrected chi connectivity index (χ2v) is 14.1. The van der Waals surface area contributed by atoms with Crippen LogP contribution in [0, 0.1) is 5.41 Å². The van der Waals surface area contributed by atoms with Gasteiger partial charge in [0.15, 0.2) is 0 Å². The van der Waals surface area contributed by atoms with Gasteiger partial charge < -0.3 is 9.64 Å². The Morgan fingerprint density at radius 3 is 2.40 bits per heavy atom. The third-order valence-electron chi connectivity index (χ3n) is 8.80. The molecule has 2 heterocycles. The zero-order valence-corrected chi connectivity index (χ0v) is 25.3. The van der Waals surface area contributed by atoms with E-state index < -0.39 is 10.0 Å². The van der Waals surface area contributed by atoms with Crippen molar-refractivity contribution in [3.8, 4) is 5.75 Å². The van der Waals surface area contributed by atoms with Gasteiger partial charge in [-0.25, -0.2) is 12.4 Å². The van der Waals surface area contributed by atoms with E-state index in [1.54, 1.807) is 35.3 Å². The molecule has 0 unspecified atom stereocenters. The molecular formula is C32H34N2O3S3. The van der Waals surface area contributed by atoms with Crippen molar-refractivity contribution in [3.05, 3.63) is 90.1 Å². The highest BCUT2D eigenvalue weighted by Gasteiger charge is 2.50. The van der Waals surface area contributed by atoms with E-state index in [1.807, 2.05) is 36.0 Å². The summed E-state index contributed by atoms with van der Waals surface area (Å²) in [7, 11) is -2.25. The van der Waals surface area contributed by atoms with Gasteiger partial charge in [0.25, 0.3) is 10.0 Å². The van der Waals surface area contributed by atoms with Gasteiger partial charge in [-0.05, 0) is 80.0 Å². The quantitative estimate of drug-likeness (QED) is 0.157. The molecule has 5 nitrogen and oxygen atoms in total. The largest absolute Gasteiger partial charge is 0.497 e. The Hall–Kier alpha value is -2.81. The van der Waals surface area contributed by atoms with Gasteiger partial charge in [-0.15, -0.1) is 11.8 Å². The summed E-state index contributed by atoms with van der Waals surface area (Å²) < 4.78 is 35.4. The lowest BCUT2D eigenvalue weighted by molar-refractivity contribution is 0.0612. The van der Waals surface area contributed by atoms with Crippen molar-refractivity contribution in [3.63, 3.8) is 0 Å². The third-order valence-corrected chi connectivity index (χ3v) is 12.0. The number of aromatic nitrogens is 1. The van der Waals surface area contributed by atoms with E-state index in [0.717, 1.165) is 71.6 Å². The van der Waals surface area contributed by atoms with Crippen molar-refractivity contribution in [1.82, 2.24) is 8.87 Å². The number of nitrogens with zero attached hydrogens (tertiary/aromatic N) is 2. The molecule has 0 amide bonds. The maximum absolute atomic E-state index is 14.2. The highest BCUT2D eigenvalue weighted by Crippen LogP contribution is 2.57. The Balaban J connectivity index is 1.48. The number of rotatable bonds is 8. The Labute approximate surface area is 246 Å². The fraction of sp³-hybridized carbons (Fsp3) is 0.344. The lowest BCUT2D eigenvalue weighted by atomic mass is 9.62. The van der Waals surface area contributed by atoms with E-state index in [2.05, 4.69) is 42.2 Å². The molecule has 2 atom stereocenters. The molecule has 3 aromatic carbocycles. The van der Waals surface area contributed by atoms with Crippen LogP contribution in [0.1, 0.15) is 49.9 Å². The zero-order chi connectivity index (χ0) is 27.9. The summed E-state index contributed by atoms with van der Waals surface area (Å²) in [6.07, 6.45) is 4.66. The summed E-state index contributed by atoms with van der Waals surface area (Å²) in [5, 5.41) is 1.02. The molecule has 8 heteroatoms. The molecule has 208 valence electrons. The van der Waals surface area contributed by atoms with E-state index in [1.165, 1.54) is 4.90 Å². The van der Waals surface area contributed by atoms with Gasteiger partial charge in [0.2, 0.25) is 0 Å². The van der Waals surface area contributed by atoms with Crippen LogP contribution in [0.25, 0.3) is 10.9 Å². The molecule has 1 aliphatic carbocycles. The molecule has 0 bridgehead atoms. The Bertz CT molecular complexity index is 1650. The van der Waals surface area contributed by atoms with Gasteiger partial charge in [0, 0.05) is 33.8 Å². The van der Waals surface area contributed by atoms with Crippen molar-refractivity contribution < 1.29 is 13.2 Å². The van der Waals surface area contributed by atoms with E-state index in [9.17, 15) is 8.42 Å². The molecule has 0 spiro atoms. The Morgan fingerprint density at radius 1 is 0.975 bits per heavy atom. The van der Waals surface area contributed by atoms with Crippen LogP contribution in [0.15, 0.2) is 88.7 Å². The van der Waals surface area contributed by atoms with E-state index >= 15 is 0 Å². The van der Waals surface area contributed by atoms with Gasteiger partial charge in [-0.1, -0.05) is 55.5 Å². The van der Waals surface area contributed by atoms with Gasteiger partial charge in [-0.3, -0.25) is 0 Å². The summed E-state index contributed by atoms with van der Waals surface area (Å²) in [6.45, 7) is 3.12. The SMILES string of the molecule is CC[C@@]12CCC(=S)N(CCSc3ccccc3)[C@H]1c1c(n(S(=O)(=O)c3ccc(OC)cc3)c3ccccc13)CC2. The number of fused-ring (bicyclic) bond motifs is 5. The maximum Gasteiger partial charge on any atom is 0.268 e. The number of thiocarbonyl (C=S) groups is 1. The minimum atomic E-state index is -3.83. The fourth-order valence-corrected chi connectivity index (χ4v) is 9.50. The smallest absolute Gasteiger partial charge is 0.268 e. The van der Waals surface area contributed by atoms with Crippen LogP contribution in [0.5, 0.6) is 5.75 Å². The van der Waals surface area contributed by atoms with Gasteiger partial charge >= 0.3 is 0 Å². The third kappa shape index (κ3) is 4.54. The van der Waals surface area contributed by atoms with Crippen LogP contribution in [0.2, 0.25) is 0 Å².